The molecular formula is C74H112NO8+. The third kappa shape index (κ3) is 63.3. The van der Waals surface area contributed by atoms with Crippen LogP contribution in [0.15, 0.2) is 207 Å². The SMILES string of the molecule is CC/C=C\C/C=C\C/C=C\C/C=C\C/C=C\C/C=C\C/C=C\C/C=C\C/C=C\C/C=C\CCCCC(=O)OC(COC(=O)CCCCC/C=C\C/C=C\C/C=C\C/C=C\C/C=C\C/C=C\C/C=C\CC)COC(OCC[N+](C)(C)C)C(=O)O. The monoisotopic (exact) mass is 1140 g/mol. The molecule has 1 N–H and O–H groups in total. The van der Waals surface area contributed by atoms with Crippen molar-refractivity contribution in [3.05, 3.63) is 207 Å². The van der Waals surface area contributed by atoms with E-state index < -0.39 is 30.3 Å². The van der Waals surface area contributed by atoms with Crippen molar-refractivity contribution in [2.45, 2.75) is 193 Å². The van der Waals surface area contributed by atoms with Crippen molar-refractivity contribution in [3.63, 3.8) is 0 Å². The Morgan fingerprint density at radius 3 is 0.964 bits per heavy atom. The summed E-state index contributed by atoms with van der Waals surface area (Å²) in [5.74, 6) is -2.14. The van der Waals surface area contributed by atoms with Crippen LogP contribution in [0.25, 0.3) is 0 Å². The van der Waals surface area contributed by atoms with Gasteiger partial charge in [0.05, 0.1) is 34.4 Å². The summed E-state index contributed by atoms with van der Waals surface area (Å²) in [6.45, 7) is 4.51. The molecule has 2 unspecified atom stereocenters. The molecule has 0 aromatic carbocycles. The summed E-state index contributed by atoms with van der Waals surface area (Å²) in [6.07, 6.45) is 94.9. The van der Waals surface area contributed by atoms with Crippen LogP contribution in [0.3, 0.4) is 0 Å². The normalized spacial score (nSPS) is 14.2. The van der Waals surface area contributed by atoms with Gasteiger partial charge >= 0.3 is 17.9 Å². The summed E-state index contributed by atoms with van der Waals surface area (Å²) in [5.41, 5.74) is 0. The average Bonchev–Trinajstić information content (AvgIpc) is 3.46. The van der Waals surface area contributed by atoms with E-state index in [-0.39, 0.29) is 32.7 Å². The zero-order valence-corrected chi connectivity index (χ0v) is 52.2. The van der Waals surface area contributed by atoms with Gasteiger partial charge in [0.1, 0.15) is 13.2 Å². The van der Waals surface area contributed by atoms with E-state index in [0.717, 1.165) is 141 Å². The van der Waals surface area contributed by atoms with Gasteiger partial charge in [-0.15, -0.1) is 0 Å². The smallest absolute Gasteiger partial charge is 0.361 e. The van der Waals surface area contributed by atoms with Crippen LogP contribution < -0.4 is 0 Å². The minimum atomic E-state index is -1.55. The Kier molecular flexibility index (Phi) is 57.4. The summed E-state index contributed by atoms with van der Waals surface area (Å²) in [5, 5.41) is 9.72. The van der Waals surface area contributed by atoms with Gasteiger partial charge in [0.15, 0.2) is 6.10 Å². The van der Waals surface area contributed by atoms with E-state index in [1.54, 1.807) is 0 Å². The van der Waals surface area contributed by atoms with E-state index in [9.17, 15) is 19.5 Å². The molecule has 83 heavy (non-hydrogen) atoms. The number of hydrogen-bond donors (Lipinski definition) is 1. The van der Waals surface area contributed by atoms with Crippen LogP contribution in [-0.2, 0) is 33.3 Å². The zero-order valence-electron chi connectivity index (χ0n) is 52.2. The fraction of sp³-hybridized carbons (Fsp3) is 0.500. The number of esters is 2. The summed E-state index contributed by atoms with van der Waals surface area (Å²) in [6, 6.07) is 0. The molecule has 9 nitrogen and oxygen atoms in total. The fourth-order valence-electron chi connectivity index (χ4n) is 7.31. The molecule has 0 radical (unpaired) electrons. The van der Waals surface area contributed by atoms with Gasteiger partial charge in [-0.2, -0.15) is 0 Å². The quantitative estimate of drug-likeness (QED) is 0.0211. The number of unbranched alkanes of at least 4 members (excludes halogenated alkanes) is 5. The average molecular weight is 1140 g/mol. The second-order valence-corrected chi connectivity index (χ2v) is 20.9. The predicted octanol–water partition coefficient (Wildman–Crippen LogP) is 19.2. The number of carbonyl (C=O) groups is 3. The minimum Gasteiger partial charge on any atom is -0.477 e. The van der Waals surface area contributed by atoms with Gasteiger partial charge in [0.2, 0.25) is 0 Å². The number of allylic oxidation sites excluding steroid dienone is 34. The number of nitrogens with zero attached hydrogens (tertiary/aromatic N) is 1. The number of quaternary nitrogens is 1. The first-order valence-electron chi connectivity index (χ1n) is 31.2. The maximum absolute atomic E-state index is 12.9. The largest absolute Gasteiger partial charge is 0.477 e. The van der Waals surface area contributed by atoms with Crippen LogP contribution in [0.1, 0.15) is 181 Å². The van der Waals surface area contributed by atoms with Gasteiger partial charge in [0.25, 0.3) is 6.29 Å². The number of likely N-dealkylation sites (N-methyl/N-ethyl adjacent to an activating group) is 1. The summed E-state index contributed by atoms with van der Waals surface area (Å²) < 4.78 is 22.8. The van der Waals surface area contributed by atoms with Crippen molar-refractivity contribution in [2.75, 3.05) is 47.5 Å². The Morgan fingerprint density at radius 1 is 0.361 bits per heavy atom. The number of carboxylic acid groups (broad SMARTS) is 1. The molecule has 0 heterocycles. The van der Waals surface area contributed by atoms with Crippen molar-refractivity contribution < 1.29 is 42.9 Å². The molecule has 0 aliphatic heterocycles. The van der Waals surface area contributed by atoms with E-state index in [1.807, 2.05) is 21.1 Å². The van der Waals surface area contributed by atoms with Crippen LogP contribution in [0.4, 0.5) is 0 Å². The second-order valence-electron chi connectivity index (χ2n) is 20.9. The third-order valence-electron chi connectivity index (χ3n) is 12.0. The van der Waals surface area contributed by atoms with Crippen molar-refractivity contribution in [3.8, 4) is 0 Å². The first-order chi connectivity index (χ1) is 40.6. The molecular weight excluding hydrogens is 1030 g/mol. The second kappa shape index (κ2) is 61.9. The predicted molar refractivity (Wildman–Crippen MR) is 354 cm³/mol. The molecule has 0 amide bonds. The highest BCUT2D eigenvalue weighted by Crippen LogP contribution is 2.11. The zero-order chi connectivity index (χ0) is 60.5. The fourth-order valence-corrected chi connectivity index (χ4v) is 7.31. The number of carbonyl (C=O) groups excluding carboxylic acids is 2. The number of rotatable bonds is 54. The van der Waals surface area contributed by atoms with Gasteiger partial charge in [0, 0.05) is 12.8 Å². The highest BCUT2D eigenvalue weighted by molar-refractivity contribution is 5.71. The number of carboxylic acids is 1. The lowest BCUT2D eigenvalue weighted by Crippen LogP contribution is -2.40. The molecule has 0 fully saturated rings. The van der Waals surface area contributed by atoms with E-state index in [2.05, 4.69) is 220 Å². The third-order valence-corrected chi connectivity index (χ3v) is 12.0. The number of hydrogen-bond acceptors (Lipinski definition) is 7. The van der Waals surface area contributed by atoms with Gasteiger partial charge in [-0.3, -0.25) is 9.59 Å². The molecule has 460 valence electrons. The van der Waals surface area contributed by atoms with Crippen LogP contribution in [-0.4, -0.2) is 87.4 Å². The van der Waals surface area contributed by atoms with Crippen molar-refractivity contribution in [1.82, 2.24) is 0 Å². The molecule has 0 aromatic rings. The molecule has 0 spiro atoms. The van der Waals surface area contributed by atoms with Gasteiger partial charge in [-0.1, -0.05) is 227 Å². The lowest BCUT2D eigenvalue weighted by Gasteiger charge is -2.25. The molecule has 0 aromatic heterocycles. The highest BCUT2D eigenvalue weighted by atomic mass is 16.7. The molecule has 0 aliphatic carbocycles. The topological polar surface area (TPSA) is 108 Å². The molecule has 0 saturated carbocycles. The number of ether oxygens (including phenoxy) is 4. The Bertz CT molecular complexity index is 2110. The molecule has 2 atom stereocenters. The Balaban J connectivity index is 4.44. The van der Waals surface area contributed by atoms with Crippen molar-refractivity contribution in [1.29, 1.82) is 0 Å². The van der Waals surface area contributed by atoms with Crippen LogP contribution in [0.2, 0.25) is 0 Å². The highest BCUT2D eigenvalue weighted by Gasteiger charge is 2.25. The molecule has 0 aliphatic rings. The standard InChI is InChI=1S/C74H111NO8/c1-6-8-10-12-14-16-18-20-22-24-26-28-30-32-33-34-35-36-37-38-39-41-43-45-47-49-51-53-55-57-59-61-63-65-72(77)83-70(69-82-74(73(78)79)80-67-66-75(3,4)5)68-81-71(76)64-62-60-58-56-54-52-50-48-46-44-42-40-31-29-27-25-23-21-19-17-15-13-11-9-7-2/h8-11,14-17,20-23,26-29,32-33,35-36,38-40,42-43,45-46,48-49,51-52,54-55,57,70,74H,6-7,12-13,18-19,24-25,30-31,34,37,41,44,47,50,53,56,58-69H2,1-5H3/p+1/b10-8-,11-9-,16-14-,17-15-,22-20-,23-21-,28-26-,29-27-,33-32-,36-35-,39-38-,42-40-,45-43-,48-46-,51-49-,54-52-,57-55-. The maximum atomic E-state index is 12.9. The lowest BCUT2D eigenvalue weighted by molar-refractivity contribution is -0.870. The Morgan fingerprint density at radius 2 is 0.651 bits per heavy atom. The van der Waals surface area contributed by atoms with Gasteiger partial charge < -0.3 is 28.5 Å². The summed E-state index contributed by atoms with van der Waals surface area (Å²) in [7, 11) is 5.92. The van der Waals surface area contributed by atoms with Gasteiger partial charge in [-0.25, -0.2) is 4.79 Å². The van der Waals surface area contributed by atoms with Crippen LogP contribution in [0.5, 0.6) is 0 Å². The van der Waals surface area contributed by atoms with E-state index >= 15 is 0 Å². The molecule has 0 saturated heterocycles. The van der Waals surface area contributed by atoms with E-state index in [4.69, 9.17) is 18.9 Å². The first kappa shape index (κ1) is 76.9. The van der Waals surface area contributed by atoms with E-state index in [1.165, 1.54) is 0 Å². The van der Waals surface area contributed by atoms with Crippen LogP contribution >= 0.6 is 0 Å². The molecule has 9 heteroatoms. The summed E-state index contributed by atoms with van der Waals surface area (Å²) >= 11 is 0. The van der Waals surface area contributed by atoms with Crippen molar-refractivity contribution in [2.24, 2.45) is 0 Å². The Labute approximate surface area is 505 Å². The first-order valence-corrected chi connectivity index (χ1v) is 31.2. The minimum absolute atomic E-state index is 0.160. The number of aliphatic carboxylic acids is 1. The summed E-state index contributed by atoms with van der Waals surface area (Å²) in [4.78, 5) is 37.5. The van der Waals surface area contributed by atoms with Crippen LogP contribution in [0, 0.1) is 0 Å². The molecule has 0 rings (SSSR count). The van der Waals surface area contributed by atoms with E-state index in [0.29, 0.717) is 23.9 Å². The maximum Gasteiger partial charge on any atom is 0.361 e. The van der Waals surface area contributed by atoms with Gasteiger partial charge in [-0.05, 0) is 148 Å². The Hall–Kier alpha value is -6.13. The van der Waals surface area contributed by atoms with Crippen molar-refractivity contribution >= 4 is 17.9 Å². The lowest BCUT2D eigenvalue weighted by atomic mass is 10.1. The molecule has 0 bridgehead atoms.